The molecule has 2 saturated carbocycles. The van der Waals surface area contributed by atoms with Gasteiger partial charge in [-0.3, -0.25) is 9.59 Å². The summed E-state index contributed by atoms with van der Waals surface area (Å²) in [6.45, 7) is 3.36. The van der Waals surface area contributed by atoms with Crippen molar-refractivity contribution in [3.8, 4) is 0 Å². The second kappa shape index (κ2) is 9.08. The predicted molar refractivity (Wildman–Crippen MR) is 110 cm³/mol. The van der Waals surface area contributed by atoms with E-state index in [4.69, 9.17) is 0 Å². The van der Waals surface area contributed by atoms with E-state index in [2.05, 4.69) is 10.6 Å². The molecule has 2 N–H and O–H groups in total. The fraction of sp³-hybridized carbons (Fsp3) is 0.652. The maximum atomic E-state index is 12.8. The second-order valence-corrected chi connectivity index (χ2v) is 8.81. The van der Waals surface area contributed by atoms with Crippen molar-refractivity contribution in [2.45, 2.75) is 64.0 Å². The van der Waals surface area contributed by atoms with E-state index in [0.29, 0.717) is 12.6 Å². The van der Waals surface area contributed by atoms with Gasteiger partial charge < -0.3 is 15.5 Å². The number of rotatable bonds is 7. The molecule has 2 aliphatic carbocycles. The Morgan fingerprint density at radius 1 is 0.929 bits per heavy atom. The van der Waals surface area contributed by atoms with E-state index in [0.717, 1.165) is 62.4 Å². The number of benzene rings is 1. The van der Waals surface area contributed by atoms with Crippen LogP contribution in [0.5, 0.6) is 0 Å². The molecule has 0 bridgehead atoms. The molecule has 1 heterocycles. The summed E-state index contributed by atoms with van der Waals surface area (Å²) in [5.74, 6) is 1.40. The van der Waals surface area contributed by atoms with Crippen LogP contribution in [0.15, 0.2) is 24.3 Å². The molecule has 5 nitrogen and oxygen atoms in total. The van der Waals surface area contributed by atoms with Crippen LogP contribution >= 0.6 is 0 Å². The molecule has 0 aromatic heterocycles. The molecule has 3 aliphatic rings. The highest BCUT2D eigenvalue weighted by molar-refractivity contribution is 5.94. The maximum absolute atomic E-state index is 12.8. The molecule has 1 saturated heterocycles. The third-order valence-corrected chi connectivity index (χ3v) is 6.57. The minimum Gasteiger partial charge on any atom is -0.352 e. The van der Waals surface area contributed by atoms with E-state index < -0.39 is 0 Å². The van der Waals surface area contributed by atoms with E-state index in [1.165, 1.54) is 25.7 Å². The Kier molecular flexibility index (Phi) is 6.30. The lowest BCUT2D eigenvalue weighted by Gasteiger charge is -2.32. The van der Waals surface area contributed by atoms with Gasteiger partial charge in [-0.2, -0.15) is 0 Å². The molecule has 0 radical (unpaired) electrons. The van der Waals surface area contributed by atoms with Crippen LogP contribution in [0.4, 0.5) is 0 Å². The molecule has 4 rings (SSSR count). The molecule has 1 aromatic rings. The molecule has 152 valence electrons. The van der Waals surface area contributed by atoms with Gasteiger partial charge in [0.2, 0.25) is 5.91 Å². The zero-order valence-electron chi connectivity index (χ0n) is 16.8. The average molecular weight is 384 g/mol. The monoisotopic (exact) mass is 383 g/mol. The van der Waals surface area contributed by atoms with Crippen molar-refractivity contribution >= 4 is 11.8 Å². The molecule has 2 amide bonds. The highest BCUT2D eigenvalue weighted by Crippen LogP contribution is 2.28. The van der Waals surface area contributed by atoms with Crippen molar-refractivity contribution < 1.29 is 9.59 Å². The van der Waals surface area contributed by atoms with Crippen molar-refractivity contribution in [3.63, 3.8) is 0 Å². The molecule has 0 unspecified atom stereocenters. The van der Waals surface area contributed by atoms with Crippen molar-refractivity contribution in [3.05, 3.63) is 35.4 Å². The SMILES string of the molecule is O=C(NCc1ccc(C(=O)N2CCC(NCC3CC3)CC2)cc1)C1CCCC1. The fourth-order valence-corrected chi connectivity index (χ4v) is 4.41. The molecule has 1 aliphatic heterocycles. The lowest BCUT2D eigenvalue weighted by atomic mass is 10.0. The minimum absolute atomic E-state index is 0.127. The molecule has 0 atom stereocenters. The van der Waals surface area contributed by atoms with E-state index >= 15 is 0 Å². The summed E-state index contributed by atoms with van der Waals surface area (Å²) in [5.41, 5.74) is 1.79. The summed E-state index contributed by atoms with van der Waals surface area (Å²) in [7, 11) is 0. The van der Waals surface area contributed by atoms with Gasteiger partial charge in [-0.05, 0) is 68.7 Å². The first-order chi connectivity index (χ1) is 13.7. The van der Waals surface area contributed by atoms with Gasteiger partial charge in [-0.1, -0.05) is 25.0 Å². The molecular formula is C23H33N3O2. The van der Waals surface area contributed by atoms with Crippen LogP contribution in [0.2, 0.25) is 0 Å². The number of hydrogen-bond acceptors (Lipinski definition) is 3. The fourth-order valence-electron chi connectivity index (χ4n) is 4.41. The Hall–Kier alpha value is -1.88. The van der Waals surface area contributed by atoms with Crippen LogP contribution in [-0.4, -0.2) is 42.4 Å². The first-order valence-corrected chi connectivity index (χ1v) is 11.1. The third kappa shape index (κ3) is 5.13. The van der Waals surface area contributed by atoms with E-state index in [1.807, 2.05) is 29.2 Å². The summed E-state index contributed by atoms with van der Waals surface area (Å²) in [6, 6.07) is 8.29. The largest absolute Gasteiger partial charge is 0.352 e. The van der Waals surface area contributed by atoms with Crippen molar-refractivity contribution in [2.24, 2.45) is 11.8 Å². The molecule has 28 heavy (non-hydrogen) atoms. The van der Waals surface area contributed by atoms with Gasteiger partial charge in [0.15, 0.2) is 0 Å². The lowest BCUT2D eigenvalue weighted by Crippen LogP contribution is -2.45. The number of carbonyl (C=O) groups excluding carboxylic acids is 2. The van der Waals surface area contributed by atoms with Gasteiger partial charge in [0.05, 0.1) is 0 Å². The number of nitrogens with zero attached hydrogens (tertiary/aromatic N) is 1. The number of carbonyl (C=O) groups is 2. The topological polar surface area (TPSA) is 61.4 Å². The maximum Gasteiger partial charge on any atom is 0.253 e. The number of hydrogen-bond donors (Lipinski definition) is 2. The Balaban J connectivity index is 1.21. The third-order valence-electron chi connectivity index (χ3n) is 6.57. The lowest BCUT2D eigenvalue weighted by molar-refractivity contribution is -0.124. The summed E-state index contributed by atoms with van der Waals surface area (Å²) in [5, 5.41) is 6.70. The standard InChI is InChI=1S/C23H33N3O2/c27-22(19-3-1-2-4-19)25-16-18-7-9-20(10-8-18)23(28)26-13-11-21(12-14-26)24-15-17-5-6-17/h7-10,17,19,21,24H,1-6,11-16H2,(H,25,27). The van der Waals surface area contributed by atoms with Gasteiger partial charge in [0.1, 0.15) is 0 Å². The first kappa shape index (κ1) is 19.4. The van der Waals surface area contributed by atoms with Gasteiger partial charge in [-0.25, -0.2) is 0 Å². The second-order valence-electron chi connectivity index (χ2n) is 8.81. The Bertz CT molecular complexity index is 670. The van der Waals surface area contributed by atoms with Gasteiger partial charge in [0.25, 0.3) is 5.91 Å². The Morgan fingerprint density at radius 3 is 2.25 bits per heavy atom. The minimum atomic E-state index is 0.127. The zero-order valence-corrected chi connectivity index (χ0v) is 16.8. The normalized spacial score (nSPS) is 21.1. The summed E-state index contributed by atoms with van der Waals surface area (Å²) in [4.78, 5) is 26.9. The number of nitrogens with one attached hydrogen (secondary N) is 2. The quantitative estimate of drug-likeness (QED) is 0.761. The molecule has 3 fully saturated rings. The summed E-state index contributed by atoms with van der Waals surface area (Å²) in [6.07, 6.45) is 9.23. The van der Waals surface area contributed by atoms with Crippen molar-refractivity contribution in [1.29, 1.82) is 0 Å². The molecular weight excluding hydrogens is 350 g/mol. The molecule has 0 spiro atoms. The van der Waals surface area contributed by atoms with Gasteiger partial charge in [0, 0.05) is 37.2 Å². The van der Waals surface area contributed by atoms with Gasteiger partial charge in [-0.15, -0.1) is 0 Å². The van der Waals surface area contributed by atoms with Gasteiger partial charge >= 0.3 is 0 Å². The smallest absolute Gasteiger partial charge is 0.253 e. The summed E-state index contributed by atoms with van der Waals surface area (Å²) >= 11 is 0. The van der Waals surface area contributed by atoms with Crippen LogP contribution in [0.3, 0.4) is 0 Å². The Labute approximate surface area is 168 Å². The first-order valence-electron chi connectivity index (χ1n) is 11.1. The van der Waals surface area contributed by atoms with Crippen LogP contribution in [-0.2, 0) is 11.3 Å². The molecule has 1 aromatic carbocycles. The van der Waals surface area contributed by atoms with E-state index in [9.17, 15) is 9.59 Å². The van der Waals surface area contributed by atoms with Crippen molar-refractivity contribution in [2.75, 3.05) is 19.6 Å². The van der Waals surface area contributed by atoms with Crippen molar-refractivity contribution in [1.82, 2.24) is 15.5 Å². The summed E-state index contributed by atoms with van der Waals surface area (Å²) < 4.78 is 0. The highest BCUT2D eigenvalue weighted by atomic mass is 16.2. The molecule has 5 heteroatoms. The number of likely N-dealkylation sites (tertiary alicyclic amines) is 1. The Morgan fingerprint density at radius 2 is 1.61 bits per heavy atom. The number of piperidine rings is 1. The van der Waals surface area contributed by atoms with E-state index in [1.54, 1.807) is 0 Å². The predicted octanol–water partition coefficient (Wildman–Crippen LogP) is 3.10. The van der Waals surface area contributed by atoms with Crippen LogP contribution in [0, 0.1) is 11.8 Å². The van der Waals surface area contributed by atoms with Crippen LogP contribution in [0.1, 0.15) is 67.3 Å². The highest BCUT2D eigenvalue weighted by Gasteiger charge is 2.26. The van der Waals surface area contributed by atoms with Crippen LogP contribution in [0.25, 0.3) is 0 Å². The number of amides is 2. The zero-order chi connectivity index (χ0) is 19.3. The average Bonchev–Trinajstić information content (AvgIpc) is 3.41. The van der Waals surface area contributed by atoms with E-state index in [-0.39, 0.29) is 17.7 Å². The van der Waals surface area contributed by atoms with Crippen LogP contribution < -0.4 is 10.6 Å².